The van der Waals surface area contributed by atoms with Crippen LogP contribution in [0.4, 0.5) is 0 Å². The molecule has 4 rings (SSSR count). The molecule has 2 heterocycles. The van der Waals surface area contributed by atoms with E-state index >= 15 is 0 Å². The molecule has 1 aromatic heterocycles. The summed E-state index contributed by atoms with van der Waals surface area (Å²) in [7, 11) is 1.64. The van der Waals surface area contributed by atoms with Crippen molar-refractivity contribution in [2.24, 2.45) is 0 Å². The van der Waals surface area contributed by atoms with Gasteiger partial charge in [0, 0.05) is 44.2 Å². The van der Waals surface area contributed by atoms with Crippen LogP contribution in [0.1, 0.15) is 21.6 Å². The molecule has 1 aliphatic heterocycles. The minimum absolute atomic E-state index is 0.0714. The first-order valence-corrected chi connectivity index (χ1v) is 9.65. The third kappa shape index (κ3) is 3.85. The zero-order valence-electron chi connectivity index (χ0n) is 16.4. The lowest BCUT2D eigenvalue weighted by atomic mass is 10.1. The molecule has 1 saturated heterocycles. The van der Waals surface area contributed by atoms with Crippen molar-refractivity contribution in [3.63, 3.8) is 0 Å². The number of rotatable bonds is 4. The minimum Gasteiger partial charge on any atom is -0.497 e. The highest BCUT2D eigenvalue weighted by Gasteiger charge is 2.24. The van der Waals surface area contributed by atoms with Gasteiger partial charge in [0.25, 0.3) is 5.91 Å². The normalized spacial score (nSPS) is 15.0. The van der Waals surface area contributed by atoms with Crippen molar-refractivity contribution >= 4 is 16.8 Å². The summed E-state index contributed by atoms with van der Waals surface area (Å²) in [6.45, 7) is 6.09. The number of aromatic nitrogens is 1. The molecule has 5 heteroatoms. The number of aryl methyl sites for hydroxylation is 1. The summed E-state index contributed by atoms with van der Waals surface area (Å²) in [5.41, 5.74) is 3.61. The number of ether oxygens (including phenoxy) is 1. The van der Waals surface area contributed by atoms with Gasteiger partial charge in [-0.15, -0.1) is 0 Å². The fraction of sp³-hybridized carbons (Fsp3) is 0.304. The van der Waals surface area contributed by atoms with E-state index in [1.165, 1.54) is 5.56 Å². The standard InChI is InChI=1S/C23H25N3O2/c1-17-21(14-19-8-9-20(28-2)15-22(19)24-17)23(27)26-12-10-25(11-13-26)16-18-6-4-3-5-7-18/h3-9,14-15H,10-13,16H2,1-2H3. The molecule has 1 fully saturated rings. The van der Waals surface area contributed by atoms with Gasteiger partial charge in [0.2, 0.25) is 0 Å². The molecule has 1 amide bonds. The van der Waals surface area contributed by atoms with Crippen LogP contribution in [0.15, 0.2) is 54.6 Å². The van der Waals surface area contributed by atoms with E-state index in [4.69, 9.17) is 4.74 Å². The molecule has 0 bridgehead atoms. The highest BCUT2D eigenvalue weighted by Crippen LogP contribution is 2.23. The third-order valence-electron chi connectivity index (χ3n) is 5.35. The Bertz CT molecular complexity index is 980. The number of nitrogens with zero attached hydrogens (tertiary/aromatic N) is 3. The van der Waals surface area contributed by atoms with E-state index < -0.39 is 0 Å². The van der Waals surface area contributed by atoms with Gasteiger partial charge in [-0.25, -0.2) is 0 Å². The first-order valence-electron chi connectivity index (χ1n) is 9.65. The number of carbonyl (C=O) groups is 1. The fourth-order valence-electron chi connectivity index (χ4n) is 3.71. The van der Waals surface area contributed by atoms with E-state index in [9.17, 15) is 4.79 Å². The zero-order valence-corrected chi connectivity index (χ0v) is 16.4. The number of carbonyl (C=O) groups excluding carboxylic acids is 1. The van der Waals surface area contributed by atoms with Crippen molar-refractivity contribution < 1.29 is 9.53 Å². The van der Waals surface area contributed by atoms with Crippen molar-refractivity contribution in [2.75, 3.05) is 33.3 Å². The average molecular weight is 375 g/mol. The molecule has 3 aromatic rings. The molecule has 5 nitrogen and oxygen atoms in total. The van der Waals surface area contributed by atoms with Crippen molar-refractivity contribution in [1.82, 2.24) is 14.8 Å². The highest BCUT2D eigenvalue weighted by atomic mass is 16.5. The van der Waals surface area contributed by atoms with Crippen LogP contribution in [0.2, 0.25) is 0 Å². The predicted octanol–water partition coefficient (Wildman–Crippen LogP) is 3.51. The SMILES string of the molecule is COc1ccc2cc(C(=O)N3CCN(Cc4ccccc4)CC3)c(C)nc2c1. The second kappa shape index (κ2) is 7.98. The van der Waals surface area contributed by atoms with Gasteiger partial charge in [-0.1, -0.05) is 30.3 Å². The highest BCUT2D eigenvalue weighted by molar-refractivity contribution is 5.98. The smallest absolute Gasteiger partial charge is 0.255 e. The first-order chi connectivity index (χ1) is 13.6. The van der Waals surface area contributed by atoms with E-state index in [1.807, 2.05) is 42.2 Å². The van der Waals surface area contributed by atoms with E-state index in [-0.39, 0.29) is 5.91 Å². The lowest BCUT2D eigenvalue weighted by Gasteiger charge is -2.35. The number of pyridine rings is 1. The Labute approximate surface area is 165 Å². The first kappa shape index (κ1) is 18.4. The quantitative estimate of drug-likeness (QED) is 0.700. The number of amides is 1. The van der Waals surface area contributed by atoms with Gasteiger partial charge >= 0.3 is 0 Å². The van der Waals surface area contributed by atoms with Gasteiger partial charge in [0.1, 0.15) is 5.75 Å². The molecule has 2 aromatic carbocycles. The number of piperazine rings is 1. The molecular formula is C23H25N3O2. The summed E-state index contributed by atoms with van der Waals surface area (Å²) >= 11 is 0. The van der Waals surface area contributed by atoms with E-state index in [0.717, 1.165) is 55.1 Å². The Kier molecular flexibility index (Phi) is 5.26. The third-order valence-corrected chi connectivity index (χ3v) is 5.35. The molecule has 0 aliphatic carbocycles. The van der Waals surface area contributed by atoms with Crippen LogP contribution in [0.5, 0.6) is 5.75 Å². The summed E-state index contributed by atoms with van der Waals surface area (Å²) in [6.07, 6.45) is 0. The molecule has 0 radical (unpaired) electrons. The maximum absolute atomic E-state index is 13.1. The van der Waals surface area contributed by atoms with E-state index in [2.05, 4.69) is 34.1 Å². The summed E-state index contributed by atoms with van der Waals surface area (Å²) in [5, 5.41) is 0.956. The van der Waals surface area contributed by atoms with Crippen molar-refractivity contribution in [3.05, 3.63) is 71.4 Å². The summed E-state index contributed by atoms with van der Waals surface area (Å²) in [4.78, 5) is 22.1. The Balaban J connectivity index is 1.45. The van der Waals surface area contributed by atoms with Crippen LogP contribution in [0.25, 0.3) is 10.9 Å². The van der Waals surface area contributed by atoms with E-state index in [1.54, 1.807) is 7.11 Å². The van der Waals surface area contributed by atoms with E-state index in [0.29, 0.717) is 5.56 Å². The van der Waals surface area contributed by atoms with Crippen LogP contribution in [0, 0.1) is 6.92 Å². The number of benzene rings is 2. The predicted molar refractivity (Wildman–Crippen MR) is 111 cm³/mol. The number of hydrogen-bond donors (Lipinski definition) is 0. The maximum Gasteiger partial charge on any atom is 0.255 e. The molecule has 0 spiro atoms. The Morgan fingerprint density at radius 2 is 1.79 bits per heavy atom. The van der Waals surface area contributed by atoms with Crippen LogP contribution in [-0.2, 0) is 6.54 Å². The maximum atomic E-state index is 13.1. The summed E-state index contributed by atoms with van der Waals surface area (Å²) < 4.78 is 5.27. The van der Waals surface area contributed by atoms with Gasteiger partial charge in [-0.3, -0.25) is 14.7 Å². The molecular weight excluding hydrogens is 350 g/mol. The zero-order chi connectivity index (χ0) is 19.5. The lowest BCUT2D eigenvalue weighted by Crippen LogP contribution is -2.48. The minimum atomic E-state index is 0.0714. The van der Waals surface area contributed by atoms with Crippen molar-refractivity contribution in [2.45, 2.75) is 13.5 Å². The molecule has 144 valence electrons. The Morgan fingerprint density at radius 3 is 2.50 bits per heavy atom. The topological polar surface area (TPSA) is 45.7 Å². The van der Waals surface area contributed by atoms with Gasteiger partial charge in [0.15, 0.2) is 0 Å². The van der Waals surface area contributed by atoms with Crippen LogP contribution in [-0.4, -0.2) is 54.0 Å². The monoisotopic (exact) mass is 375 g/mol. The second-order valence-corrected chi connectivity index (χ2v) is 7.23. The molecule has 0 atom stereocenters. The molecule has 1 aliphatic rings. The Morgan fingerprint density at radius 1 is 1.04 bits per heavy atom. The second-order valence-electron chi connectivity index (χ2n) is 7.23. The van der Waals surface area contributed by atoms with Crippen molar-refractivity contribution in [1.29, 1.82) is 0 Å². The van der Waals surface area contributed by atoms with Crippen molar-refractivity contribution in [3.8, 4) is 5.75 Å². The Hall–Kier alpha value is -2.92. The fourth-order valence-corrected chi connectivity index (χ4v) is 3.71. The molecule has 0 unspecified atom stereocenters. The number of methoxy groups -OCH3 is 1. The summed E-state index contributed by atoms with van der Waals surface area (Å²) in [5.74, 6) is 0.843. The van der Waals surface area contributed by atoms with Crippen LogP contribution >= 0.6 is 0 Å². The number of hydrogen-bond acceptors (Lipinski definition) is 4. The van der Waals surface area contributed by atoms with Gasteiger partial charge in [-0.2, -0.15) is 0 Å². The largest absolute Gasteiger partial charge is 0.497 e. The van der Waals surface area contributed by atoms with Crippen LogP contribution < -0.4 is 4.74 Å². The average Bonchev–Trinajstić information content (AvgIpc) is 2.73. The molecule has 0 saturated carbocycles. The number of fused-ring (bicyclic) bond motifs is 1. The van der Waals surface area contributed by atoms with Crippen LogP contribution in [0.3, 0.4) is 0 Å². The van der Waals surface area contributed by atoms with Gasteiger partial charge in [-0.05, 0) is 30.7 Å². The lowest BCUT2D eigenvalue weighted by molar-refractivity contribution is 0.0627. The molecule has 0 N–H and O–H groups in total. The van der Waals surface area contributed by atoms with Gasteiger partial charge in [0.05, 0.1) is 23.9 Å². The molecule has 28 heavy (non-hydrogen) atoms. The van der Waals surface area contributed by atoms with Gasteiger partial charge < -0.3 is 9.64 Å². The summed E-state index contributed by atoms with van der Waals surface area (Å²) in [6, 6.07) is 18.2.